The predicted molar refractivity (Wildman–Crippen MR) is 160 cm³/mol. The van der Waals surface area contributed by atoms with Crippen LogP contribution in [0.5, 0.6) is 0 Å². The molecule has 13 heteroatoms. The van der Waals surface area contributed by atoms with Crippen molar-refractivity contribution in [2.24, 2.45) is 0 Å². The highest BCUT2D eigenvalue weighted by Crippen LogP contribution is 2.45. The van der Waals surface area contributed by atoms with E-state index < -0.39 is 35.3 Å². The van der Waals surface area contributed by atoms with Crippen LogP contribution in [-0.2, 0) is 23.9 Å². The van der Waals surface area contributed by atoms with Crippen molar-refractivity contribution in [3.05, 3.63) is 82.5 Å². The number of hydrogen-bond acceptors (Lipinski definition) is 10. The second-order valence-electron chi connectivity index (χ2n) is 9.52. The number of esters is 1. The molecule has 0 spiro atoms. The number of carbonyl (C=O) groups excluding carboxylic acids is 4. The molecule has 1 unspecified atom stereocenters. The molecule has 3 aromatic rings. The van der Waals surface area contributed by atoms with Crippen molar-refractivity contribution in [3.63, 3.8) is 0 Å². The van der Waals surface area contributed by atoms with Crippen molar-refractivity contribution in [1.82, 2.24) is 20.4 Å². The molecular weight excluding hydrogens is 630 g/mol. The standard InChI is InChI=1S/C28H26BrN5O5S2/c1-33(2)28-32-31-24(41-28)19-15-40-26-21(30-20(36)13-18(35)14-29)25(37)34(26)22(19)27(38)39-23(16-9-5-3-6-10-16)17-11-7-4-8-12-17/h3-12,21,23,26H,13-15H2,1-2H3,(H,30,36)/t21?,26-/m0/s1. The van der Waals surface area contributed by atoms with Gasteiger partial charge in [-0.15, -0.1) is 22.0 Å². The van der Waals surface area contributed by atoms with Crippen molar-refractivity contribution >= 4 is 73.3 Å². The fourth-order valence-corrected chi connectivity index (χ4v) is 6.94. The summed E-state index contributed by atoms with van der Waals surface area (Å²) in [6.45, 7) is 0. The monoisotopic (exact) mass is 655 g/mol. The molecular formula is C28H26BrN5O5S2. The summed E-state index contributed by atoms with van der Waals surface area (Å²) in [5, 5.41) is 11.8. The second-order valence-corrected chi connectivity index (χ2v) is 12.1. The van der Waals surface area contributed by atoms with Gasteiger partial charge in [-0.2, -0.15) is 0 Å². The van der Waals surface area contributed by atoms with Gasteiger partial charge in [0, 0.05) is 25.4 Å². The van der Waals surface area contributed by atoms with E-state index in [-0.39, 0.29) is 23.2 Å². The molecule has 1 aromatic heterocycles. The van der Waals surface area contributed by atoms with Crippen LogP contribution in [0.15, 0.2) is 66.4 Å². The molecule has 2 aromatic carbocycles. The van der Waals surface area contributed by atoms with Crippen LogP contribution >= 0.6 is 39.0 Å². The van der Waals surface area contributed by atoms with Gasteiger partial charge < -0.3 is 15.0 Å². The summed E-state index contributed by atoms with van der Waals surface area (Å²) >= 11 is 5.75. The Balaban J connectivity index is 1.50. The van der Waals surface area contributed by atoms with Crippen LogP contribution in [0.3, 0.4) is 0 Å². The Bertz CT molecular complexity index is 1460. The number of fused-ring (bicyclic) bond motifs is 1. The Morgan fingerprint density at radius 3 is 2.27 bits per heavy atom. The minimum Gasteiger partial charge on any atom is -0.448 e. The van der Waals surface area contributed by atoms with Gasteiger partial charge in [0.25, 0.3) is 5.91 Å². The van der Waals surface area contributed by atoms with Gasteiger partial charge in [-0.25, -0.2) is 4.79 Å². The number of ether oxygens (including phenoxy) is 1. The molecule has 2 aliphatic rings. The minimum atomic E-state index is -0.870. The first kappa shape index (κ1) is 29.0. The van der Waals surface area contributed by atoms with E-state index in [0.717, 1.165) is 11.1 Å². The van der Waals surface area contributed by atoms with Crippen molar-refractivity contribution in [2.45, 2.75) is 23.9 Å². The lowest BCUT2D eigenvalue weighted by Crippen LogP contribution is -2.70. The van der Waals surface area contributed by atoms with Crippen LogP contribution in [0.1, 0.15) is 28.7 Å². The number of nitrogens with zero attached hydrogens (tertiary/aromatic N) is 4. The van der Waals surface area contributed by atoms with Crippen molar-refractivity contribution in [2.75, 3.05) is 30.1 Å². The number of rotatable bonds is 10. The summed E-state index contributed by atoms with van der Waals surface area (Å²) in [6, 6.07) is 17.9. The summed E-state index contributed by atoms with van der Waals surface area (Å²) in [6.07, 6.45) is -1.06. The van der Waals surface area contributed by atoms with Gasteiger partial charge in [-0.1, -0.05) is 87.9 Å². The predicted octanol–water partition coefficient (Wildman–Crippen LogP) is 3.40. The zero-order chi connectivity index (χ0) is 29.1. The fraction of sp³-hybridized carbons (Fsp3) is 0.286. The SMILES string of the molecule is CN(C)c1nnc(C2=C(C(=O)OC(c3ccccc3)c3ccccc3)N3C(=O)C(NC(=O)CC(=O)CBr)[C@@H]3SC2)s1. The Morgan fingerprint density at radius 1 is 1.07 bits per heavy atom. The number of amides is 2. The Morgan fingerprint density at radius 2 is 1.71 bits per heavy atom. The van der Waals surface area contributed by atoms with E-state index in [1.807, 2.05) is 79.7 Å². The Hall–Kier alpha value is -3.55. The quantitative estimate of drug-likeness (QED) is 0.152. The highest BCUT2D eigenvalue weighted by molar-refractivity contribution is 9.09. The number of benzene rings is 2. The summed E-state index contributed by atoms with van der Waals surface area (Å²) in [7, 11) is 3.69. The molecule has 0 bridgehead atoms. The normalized spacial score (nSPS) is 18.0. The van der Waals surface area contributed by atoms with Crippen LogP contribution in [0, 0.1) is 0 Å². The maximum absolute atomic E-state index is 14.1. The summed E-state index contributed by atoms with van der Waals surface area (Å²) in [4.78, 5) is 54.8. The number of alkyl halides is 1. The van der Waals surface area contributed by atoms with Gasteiger partial charge in [0.1, 0.15) is 22.1 Å². The van der Waals surface area contributed by atoms with E-state index in [0.29, 0.717) is 21.5 Å². The first-order chi connectivity index (χ1) is 19.8. The second kappa shape index (κ2) is 12.5. The van der Waals surface area contributed by atoms with Crippen LogP contribution in [-0.4, -0.2) is 75.3 Å². The van der Waals surface area contributed by atoms with Crippen LogP contribution in [0.4, 0.5) is 5.13 Å². The first-order valence-electron chi connectivity index (χ1n) is 12.7. The molecule has 1 fully saturated rings. The van der Waals surface area contributed by atoms with E-state index in [9.17, 15) is 19.2 Å². The highest BCUT2D eigenvalue weighted by Gasteiger charge is 2.55. The molecule has 0 radical (unpaired) electrons. The number of anilines is 1. The van der Waals surface area contributed by atoms with Gasteiger partial charge in [-0.05, 0) is 11.1 Å². The molecule has 5 rings (SSSR count). The minimum absolute atomic E-state index is 0.0478. The summed E-state index contributed by atoms with van der Waals surface area (Å²) in [5.41, 5.74) is 2.17. The molecule has 2 amide bonds. The first-order valence-corrected chi connectivity index (χ1v) is 15.6. The lowest BCUT2D eigenvalue weighted by Gasteiger charge is -2.49. The number of aromatic nitrogens is 2. The van der Waals surface area contributed by atoms with Crippen molar-refractivity contribution < 1.29 is 23.9 Å². The summed E-state index contributed by atoms with van der Waals surface area (Å²) < 4.78 is 6.16. The molecule has 0 aliphatic carbocycles. The van der Waals surface area contributed by atoms with Crippen LogP contribution in [0.25, 0.3) is 5.57 Å². The van der Waals surface area contributed by atoms with E-state index >= 15 is 0 Å². The van der Waals surface area contributed by atoms with E-state index in [4.69, 9.17) is 4.74 Å². The average Bonchev–Trinajstić information content (AvgIpc) is 3.49. The van der Waals surface area contributed by atoms with Crippen LogP contribution < -0.4 is 10.2 Å². The van der Waals surface area contributed by atoms with Crippen LogP contribution in [0.2, 0.25) is 0 Å². The molecule has 0 saturated carbocycles. The van der Waals surface area contributed by atoms with Gasteiger partial charge in [0.2, 0.25) is 11.0 Å². The third-order valence-electron chi connectivity index (χ3n) is 6.47. The number of β-lactam (4-membered cyclic amide) rings is 1. The van der Waals surface area contributed by atoms with Gasteiger partial charge >= 0.3 is 5.97 Å². The smallest absolute Gasteiger partial charge is 0.356 e. The third-order valence-corrected chi connectivity index (χ3v) is 9.53. The number of hydrogen-bond donors (Lipinski definition) is 1. The zero-order valence-electron chi connectivity index (χ0n) is 22.2. The number of Topliss-reactive ketones (excluding diaryl/α,β-unsaturated/α-hetero) is 1. The van der Waals surface area contributed by atoms with E-state index in [1.165, 1.54) is 28.0 Å². The lowest BCUT2D eigenvalue weighted by molar-refractivity contribution is -0.154. The third kappa shape index (κ3) is 6.07. The maximum atomic E-state index is 14.1. The molecule has 1 N–H and O–H groups in total. The van der Waals surface area contributed by atoms with Gasteiger partial charge in [-0.3, -0.25) is 19.3 Å². The Kier molecular flexibility index (Phi) is 8.85. The topological polar surface area (TPSA) is 122 Å². The fourth-order valence-electron chi connectivity index (χ4n) is 4.49. The Labute approximate surface area is 253 Å². The summed E-state index contributed by atoms with van der Waals surface area (Å²) in [5.74, 6) is -1.64. The number of halogens is 1. The largest absolute Gasteiger partial charge is 0.448 e. The lowest BCUT2D eigenvalue weighted by atomic mass is 10.0. The molecule has 2 atom stereocenters. The number of ketones is 1. The number of carbonyl (C=O) groups is 4. The van der Waals surface area contributed by atoms with Crippen molar-refractivity contribution in [1.29, 1.82) is 0 Å². The molecule has 3 heterocycles. The van der Waals surface area contributed by atoms with E-state index in [1.54, 1.807) is 0 Å². The highest BCUT2D eigenvalue weighted by atomic mass is 79.9. The average molecular weight is 657 g/mol. The number of thioether (sulfide) groups is 1. The van der Waals surface area contributed by atoms with Gasteiger partial charge in [0.05, 0.1) is 11.8 Å². The van der Waals surface area contributed by atoms with Crippen molar-refractivity contribution in [3.8, 4) is 0 Å². The number of nitrogens with one attached hydrogen (secondary N) is 1. The maximum Gasteiger partial charge on any atom is 0.356 e. The molecule has 41 heavy (non-hydrogen) atoms. The molecule has 10 nitrogen and oxygen atoms in total. The van der Waals surface area contributed by atoms with E-state index in [2.05, 4.69) is 31.4 Å². The molecule has 2 aliphatic heterocycles. The van der Waals surface area contributed by atoms with Gasteiger partial charge in [0.15, 0.2) is 11.9 Å². The molecule has 1 saturated heterocycles. The molecule has 212 valence electrons. The zero-order valence-corrected chi connectivity index (χ0v) is 25.4.